The van der Waals surface area contributed by atoms with Crippen LogP contribution in [-0.4, -0.2) is 21.8 Å². The number of nitrogens with one attached hydrogen (secondary N) is 1. The van der Waals surface area contributed by atoms with E-state index < -0.39 is 5.91 Å². The molecule has 2 aromatic heterocycles. The van der Waals surface area contributed by atoms with E-state index in [-0.39, 0.29) is 23.8 Å². The summed E-state index contributed by atoms with van der Waals surface area (Å²) in [6, 6.07) is 16.2. The van der Waals surface area contributed by atoms with Crippen molar-refractivity contribution >= 4 is 38.5 Å². The number of benzene rings is 2. The number of carbonyl (C=O) groups excluding carboxylic acids is 2. The lowest BCUT2D eigenvalue weighted by Gasteiger charge is -2.08. The van der Waals surface area contributed by atoms with Gasteiger partial charge in [-0.25, -0.2) is 9.97 Å². The Balaban J connectivity index is 1.40. The topological polar surface area (TPSA) is 107 Å². The zero-order chi connectivity index (χ0) is 21.1. The van der Waals surface area contributed by atoms with Crippen LogP contribution in [0.4, 0.5) is 5.13 Å². The summed E-state index contributed by atoms with van der Waals surface area (Å²) in [5.74, 6) is -0.139. The minimum absolute atomic E-state index is 0.140. The summed E-state index contributed by atoms with van der Waals surface area (Å²) in [6.07, 6.45) is 1.72. The lowest BCUT2D eigenvalue weighted by atomic mass is 10.1. The van der Waals surface area contributed by atoms with Gasteiger partial charge in [-0.15, -0.1) is 0 Å². The molecule has 0 fully saturated rings. The molecule has 0 saturated carbocycles. The molecule has 0 unspecified atom stereocenters. The molecule has 8 heteroatoms. The Morgan fingerprint density at radius 1 is 1.13 bits per heavy atom. The van der Waals surface area contributed by atoms with Gasteiger partial charge in [-0.1, -0.05) is 29.5 Å². The van der Waals surface area contributed by atoms with Crippen molar-refractivity contribution in [3.05, 3.63) is 77.5 Å². The van der Waals surface area contributed by atoms with Crippen molar-refractivity contribution < 1.29 is 14.3 Å². The number of thiazole rings is 1. The molecular formula is C22H18N4O3S. The smallest absolute Gasteiger partial charge is 0.254 e. The van der Waals surface area contributed by atoms with Crippen molar-refractivity contribution in [3.63, 3.8) is 0 Å². The normalized spacial score (nSPS) is 10.7. The highest BCUT2D eigenvalue weighted by atomic mass is 32.1. The number of hydrogen-bond donors (Lipinski definition) is 2. The summed E-state index contributed by atoms with van der Waals surface area (Å²) in [4.78, 5) is 32.4. The molecular weight excluding hydrogens is 400 g/mol. The molecule has 3 N–H and O–H groups in total. The summed E-state index contributed by atoms with van der Waals surface area (Å²) < 4.78 is 6.68. The Morgan fingerprint density at radius 2 is 1.93 bits per heavy atom. The van der Waals surface area contributed by atoms with Crippen LogP contribution in [0.15, 0.2) is 60.8 Å². The van der Waals surface area contributed by atoms with Crippen LogP contribution in [0.5, 0.6) is 11.6 Å². The van der Waals surface area contributed by atoms with Crippen LogP contribution in [0, 0.1) is 6.92 Å². The van der Waals surface area contributed by atoms with Crippen LogP contribution < -0.4 is 15.8 Å². The number of primary amides is 1. The third-order valence-corrected chi connectivity index (χ3v) is 5.28. The quantitative estimate of drug-likeness (QED) is 0.491. The van der Waals surface area contributed by atoms with Gasteiger partial charge in [-0.2, -0.15) is 0 Å². The van der Waals surface area contributed by atoms with E-state index in [0.717, 1.165) is 21.3 Å². The van der Waals surface area contributed by atoms with Gasteiger partial charge >= 0.3 is 0 Å². The van der Waals surface area contributed by atoms with Gasteiger partial charge in [0, 0.05) is 6.20 Å². The minimum Gasteiger partial charge on any atom is -0.438 e. The predicted octanol–water partition coefficient (Wildman–Crippen LogP) is 4.07. The predicted molar refractivity (Wildman–Crippen MR) is 116 cm³/mol. The molecule has 0 saturated heterocycles. The number of aryl methyl sites for hydroxylation is 1. The Labute approximate surface area is 176 Å². The van der Waals surface area contributed by atoms with E-state index in [1.54, 1.807) is 36.4 Å². The first-order valence-electron chi connectivity index (χ1n) is 9.16. The molecule has 0 aliphatic heterocycles. The molecule has 0 aliphatic rings. The van der Waals surface area contributed by atoms with Crippen molar-refractivity contribution in [3.8, 4) is 11.6 Å². The molecule has 0 radical (unpaired) electrons. The molecule has 0 spiro atoms. The maximum Gasteiger partial charge on any atom is 0.254 e. The van der Waals surface area contributed by atoms with Crippen LogP contribution in [0.25, 0.3) is 10.2 Å². The van der Waals surface area contributed by atoms with Crippen LogP contribution >= 0.6 is 11.3 Å². The number of amides is 2. The summed E-state index contributed by atoms with van der Waals surface area (Å²) in [5.41, 5.74) is 8.35. The second-order valence-electron chi connectivity index (χ2n) is 6.68. The van der Waals surface area contributed by atoms with E-state index in [1.807, 2.05) is 25.1 Å². The fraction of sp³-hybridized carbons (Fsp3) is 0.0909. The van der Waals surface area contributed by atoms with Gasteiger partial charge in [0.05, 0.1) is 16.6 Å². The van der Waals surface area contributed by atoms with E-state index >= 15 is 0 Å². The number of hydrogen-bond acceptors (Lipinski definition) is 6. The zero-order valence-electron chi connectivity index (χ0n) is 16.1. The molecule has 150 valence electrons. The minimum atomic E-state index is -0.614. The monoisotopic (exact) mass is 418 g/mol. The highest BCUT2D eigenvalue weighted by Gasteiger charge is 2.12. The largest absolute Gasteiger partial charge is 0.438 e. The highest BCUT2D eigenvalue weighted by molar-refractivity contribution is 7.22. The van der Waals surface area contributed by atoms with Crippen molar-refractivity contribution in [2.45, 2.75) is 13.3 Å². The number of fused-ring (bicyclic) bond motifs is 1. The molecule has 2 aromatic carbocycles. The second kappa shape index (κ2) is 8.30. The standard InChI is InChI=1S/C22H18N4O3S/c1-13-4-9-18-17(11-13)25-22(30-18)26-19(27)12-14-5-7-15(8-6-14)29-21-16(20(23)28)3-2-10-24-21/h2-11H,12H2,1H3,(H2,23,28)(H,25,26,27). The van der Waals surface area contributed by atoms with Crippen LogP contribution in [0.3, 0.4) is 0 Å². The number of rotatable bonds is 6. The van der Waals surface area contributed by atoms with Crippen molar-refractivity contribution in [1.82, 2.24) is 9.97 Å². The molecule has 30 heavy (non-hydrogen) atoms. The number of nitrogens with two attached hydrogens (primary N) is 1. The number of aromatic nitrogens is 2. The van der Waals surface area contributed by atoms with E-state index in [9.17, 15) is 9.59 Å². The molecule has 2 heterocycles. The lowest BCUT2D eigenvalue weighted by molar-refractivity contribution is -0.115. The molecule has 4 rings (SSSR count). The molecule has 4 aromatic rings. The van der Waals surface area contributed by atoms with Gasteiger partial charge < -0.3 is 15.8 Å². The van der Waals surface area contributed by atoms with Gasteiger partial charge in [0.1, 0.15) is 11.3 Å². The molecule has 0 atom stereocenters. The number of carbonyl (C=O) groups is 2. The van der Waals surface area contributed by atoms with E-state index in [1.165, 1.54) is 17.5 Å². The van der Waals surface area contributed by atoms with Gasteiger partial charge in [0.15, 0.2) is 5.13 Å². The first kappa shape index (κ1) is 19.5. The zero-order valence-corrected chi connectivity index (χ0v) is 16.9. The van der Waals surface area contributed by atoms with Gasteiger partial charge in [0.2, 0.25) is 11.8 Å². The first-order chi connectivity index (χ1) is 14.5. The SMILES string of the molecule is Cc1ccc2sc(NC(=O)Cc3ccc(Oc4ncccc4C(N)=O)cc3)nc2c1. The third-order valence-electron chi connectivity index (χ3n) is 4.33. The van der Waals surface area contributed by atoms with Crippen molar-refractivity contribution in [2.24, 2.45) is 5.73 Å². The van der Waals surface area contributed by atoms with Gasteiger partial charge in [-0.05, 0) is 54.4 Å². The first-order valence-corrected chi connectivity index (χ1v) is 9.98. The average Bonchev–Trinajstić information content (AvgIpc) is 3.10. The van der Waals surface area contributed by atoms with Crippen LogP contribution in [0.1, 0.15) is 21.5 Å². The molecule has 2 amide bonds. The van der Waals surface area contributed by atoms with Crippen molar-refractivity contribution in [1.29, 1.82) is 0 Å². The van der Waals surface area contributed by atoms with Crippen LogP contribution in [0.2, 0.25) is 0 Å². The second-order valence-corrected chi connectivity index (χ2v) is 7.71. The number of nitrogens with zero attached hydrogens (tertiary/aromatic N) is 2. The maximum absolute atomic E-state index is 12.4. The summed E-state index contributed by atoms with van der Waals surface area (Å²) >= 11 is 1.44. The molecule has 7 nitrogen and oxygen atoms in total. The van der Waals surface area contributed by atoms with E-state index in [2.05, 4.69) is 15.3 Å². The maximum atomic E-state index is 12.4. The summed E-state index contributed by atoms with van der Waals surface area (Å²) in [7, 11) is 0. The summed E-state index contributed by atoms with van der Waals surface area (Å²) in [6.45, 7) is 2.01. The van der Waals surface area contributed by atoms with Gasteiger partial charge in [-0.3, -0.25) is 9.59 Å². The Kier molecular flexibility index (Phi) is 5.40. The number of pyridine rings is 1. The van der Waals surface area contributed by atoms with Gasteiger partial charge in [0.25, 0.3) is 5.91 Å². The Bertz CT molecular complexity index is 1230. The molecule has 0 bridgehead atoms. The number of anilines is 1. The van der Waals surface area contributed by atoms with E-state index in [0.29, 0.717) is 10.9 Å². The Morgan fingerprint density at radius 3 is 2.70 bits per heavy atom. The average molecular weight is 418 g/mol. The Hall–Kier alpha value is -3.78. The molecule has 0 aliphatic carbocycles. The fourth-order valence-electron chi connectivity index (χ4n) is 2.89. The lowest BCUT2D eigenvalue weighted by Crippen LogP contribution is -2.14. The number of ether oxygens (including phenoxy) is 1. The highest BCUT2D eigenvalue weighted by Crippen LogP contribution is 2.27. The van der Waals surface area contributed by atoms with E-state index in [4.69, 9.17) is 10.5 Å². The third kappa shape index (κ3) is 4.44. The summed E-state index contributed by atoms with van der Waals surface area (Å²) in [5, 5.41) is 3.43. The van der Waals surface area contributed by atoms with Crippen molar-refractivity contribution in [2.75, 3.05) is 5.32 Å². The fourth-order valence-corrected chi connectivity index (χ4v) is 3.75. The van der Waals surface area contributed by atoms with Crippen LogP contribution in [-0.2, 0) is 11.2 Å².